The average Bonchev–Trinajstić information content (AvgIpc) is 3.37. The molecule has 0 saturated heterocycles. The van der Waals surface area contributed by atoms with Crippen LogP contribution in [0.1, 0.15) is 49.7 Å². The van der Waals surface area contributed by atoms with Gasteiger partial charge in [-0.2, -0.15) is 5.10 Å². The summed E-state index contributed by atoms with van der Waals surface area (Å²) in [6, 6.07) is 4.06. The summed E-state index contributed by atoms with van der Waals surface area (Å²) in [5, 5.41) is 15.4. The van der Waals surface area contributed by atoms with Crippen LogP contribution in [0.15, 0.2) is 41.2 Å². The molecule has 0 spiro atoms. The summed E-state index contributed by atoms with van der Waals surface area (Å²) in [5.41, 5.74) is -0.0681. The first kappa shape index (κ1) is 17.0. The van der Waals surface area contributed by atoms with Gasteiger partial charge < -0.3 is 5.32 Å². The lowest BCUT2D eigenvalue weighted by Crippen LogP contribution is -2.37. The molecule has 1 N–H and O–H groups in total. The van der Waals surface area contributed by atoms with Crippen LogP contribution in [0.25, 0.3) is 5.82 Å². The summed E-state index contributed by atoms with van der Waals surface area (Å²) in [7, 11) is 0. The van der Waals surface area contributed by atoms with E-state index >= 15 is 0 Å². The maximum Gasteiger partial charge on any atom is 0.267 e. The van der Waals surface area contributed by atoms with Gasteiger partial charge in [0.25, 0.3) is 5.56 Å². The van der Waals surface area contributed by atoms with Gasteiger partial charge in [0.05, 0.1) is 12.1 Å². The number of hydrogen-bond donors (Lipinski definition) is 1. The third-order valence-electron chi connectivity index (χ3n) is 4.81. The Bertz CT molecular complexity index is 882. The van der Waals surface area contributed by atoms with E-state index in [1.807, 2.05) is 11.6 Å². The van der Waals surface area contributed by atoms with Crippen molar-refractivity contribution in [3.8, 4) is 5.82 Å². The summed E-state index contributed by atoms with van der Waals surface area (Å²) < 4.78 is 3.18. The third-order valence-corrected chi connectivity index (χ3v) is 5.77. The van der Waals surface area contributed by atoms with E-state index in [0.29, 0.717) is 11.9 Å². The van der Waals surface area contributed by atoms with Gasteiger partial charge in [-0.25, -0.2) is 19.3 Å². The van der Waals surface area contributed by atoms with Crippen LogP contribution in [0, 0.1) is 0 Å². The zero-order chi connectivity index (χ0) is 17.9. The highest BCUT2D eigenvalue weighted by Gasteiger charge is 2.25. The van der Waals surface area contributed by atoms with Gasteiger partial charge in [-0.3, -0.25) is 4.79 Å². The van der Waals surface area contributed by atoms with E-state index in [1.165, 1.54) is 6.33 Å². The van der Waals surface area contributed by atoms with Gasteiger partial charge in [-0.1, -0.05) is 0 Å². The highest BCUT2D eigenvalue weighted by atomic mass is 32.1. The largest absolute Gasteiger partial charge is 0.305 e. The molecule has 1 atom stereocenters. The second kappa shape index (κ2) is 7.46. The minimum atomic E-state index is -0.0681. The summed E-state index contributed by atoms with van der Waals surface area (Å²) in [6.07, 6.45) is 8.76. The molecule has 4 rings (SSSR count). The Labute approximate surface area is 154 Å². The van der Waals surface area contributed by atoms with Crippen LogP contribution >= 0.6 is 11.3 Å². The van der Waals surface area contributed by atoms with E-state index in [2.05, 4.69) is 32.4 Å². The van der Waals surface area contributed by atoms with E-state index in [9.17, 15) is 4.79 Å². The quantitative estimate of drug-likeness (QED) is 0.739. The van der Waals surface area contributed by atoms with Crippen molar-refractivity contribution in [2.75, 3.05) is 0 Å². The van der Waals surface area contributed by atoms with Crippen LogP contribution in [-0.4, -0.2) is 35.6 Å². The number of aromatic nitrogens is 6. The predicted molar refractivity (Wildman–Crippen MR) is 98.4 cm³/mol. The molecule has 3 aromatic rings. The topological polar surface area (TPSA) is 90.5 Å². The fraction of sp³-hybridized carbons (Fsp3) is 0.471. The van der Waals surface area contributed by atoms with Crippen molar-refractivity contribution in [3.63, 3.8) is 0 Å². The molecule has 26 heavy (non-hydrogen) atoms. The zero-order valence-electron chi connectivity index (χ0n) is 14.5. The van der Waals surface area contributed by atoms with Crippen LogP contribution in [0.4, 0.5) is 0 Å². The van der Waals surface area contributed by atoms with Gasteiger partial charge in [0, 0.05) is 23.7 Å². The van der Waals surface area contributed by atoms with Crippen molar-refractivity contribution < 1.29 is 0 Å². The molecule has 136 valence electrons. The van der Waals surface area contributed by atoms with Crippen LogP contribution < -0.4 is 10.9 Å². The smallest absolute Gasteiger partial charge is 0.267 e. The van der Waals surface area contributed by atoms with Gasteiger partial charge in [0.15, 0.2) is 5.82 Å². The molecular weight excluding hydrogens is 350 g/mol. The summed E-state index contributed by atoms with van der Waals surface area (Å²) >= 11 is 1.68. The van der Waals surface area contributed by atoms with E-state index in [1.54, 1.807) is 39.2 Å². The molecule has 1 aliphatic rings. The molecule has 3 heterocycles. The van der Waals surface area contributed by atoms with Crippen LogP contribution in [0.2, 0.25) is 0 Å². The Morgan fingerprint density at radius 3 is 2.81 bits per heavy atom. The first-order valence-electron chi connectivity index (χ1n) is 8.81. The lowest BCUT2D eigenvalue weighted by molar-refractivity contribution is 0.258. The monoisotopic (exact) mass is 371 g/mol. The SMILES string of the molecule is CC(NC1CCC(n2nc(-n3cncn3)ccc2=O)CC1)c1nccs1. The van der Waals surface area contributed by atoms with E-state index in [0.717, 1.165) is 30.7 Å². The molecule has 9 heteroatoms. The average molecular weight is 371 g/mol. The van der Waals surface area contributed by atoms with Gasteiger partial charge in [0.1, 0.15) is 17.7 Å². The van der Waals surface area contributed by atoms with Crippen molar-refractivity contribution in [1.82, 2.24) is 34.8 Å². The summed E-state index contributed by atoms with van der Waals surface area (Å²) in [5.74, 6) is 0.611. The lowest BCUT2D eigenvalue weighted by atomic mass is 9.91. The van der Waals surface area contributed by atoms with Gasteiger partial charge >= 0.3 is 0 Å². The Kier molecular flexibility index (Phi) is 4.89. The zero-order valence-corrected chi connectivity index (χ0v) is 15.3. The highest BCUT2D eigenvalue weighted by Crippen LogP contribution is 2.28. The molecule has 0 bridgehead atoms. The van der Waals surface area contributed by atoms with Crippen molar-refractivity contribution in [3.05, 3.63) is 51.7 Å². The molecule has 8 nitrogen and oxygen atoms in total. The highest BCUT2D eigenvalue weighted by molar-refractivity contribution is 7.09. The van der Waals surface area contributed by atoms with E-state index in [4.69, 9.17) is 0 Å². The second-order valence-electron chi connectivity index (χ2n) is 6.58. The number of thiazole rings is 1. The molecule has 3 aromatic heterocycles. The molecule has 0 amide bonds. The molecule has 1 unspecified atom stereocenters. The predicted octanol–water partition coefficient (Wildman–Crippen LogP) is 2.12. The second-order valence-corrected chi connectivity index (χ2v) is 7.50. The molecule has 1 saturated carbocycles. The van der Waals surface area contributed by atoms with Gasteiger partial charge in [-0.05, 0) is 38.7 Å². The molecule has 0 aromatic carbocycles. The molecule has 0 radical (unpaired) electrons. The Balaban J connectivity index is 1.42. The first-order chi connectivity index (χ1) is 12.7. The molecule has 1 fully saturated rings. The standard InChI is InChI=1S/C17H21N7OS/c1-12(17-19-8-9-26-17)21-13-2-4-14(5-3-13)24-16(25)7-6-15(22-24)23-11-18-10-20-23/h6-14,21H,2-5H2,1H3. The number of rotatable bonds is 5. The Morgan fingerprint density at radius 1 is 1.27 bits per heavy atom. The van der Waals surface area contributed by atoms with E-state index < -0.39 is 0 Å². The van der Waals surface area contributed by atoms with Crippen molar-refractivity contribution in [2.24, 2.45) is 0 Å². The summed E-state index contributed by atoms with van der Waals surface area (Å²) in [6.45, 7) is 2.15. The number of nitrogens with zero attached hydrogens (tertiary/aromatic N) is 6. The number of nitrogens with one attached hydrogen (secondary N) is 1. The Hall–Kier alpha value is -2.39. The molecular formula is C17H21N7OS. The lowest BCUT2D eigenvalue weighted by Gasteiger charge is -2.31. The van der Waals surface area contributed by atoms with Gasteiger partial charge in [-0.15, -0.1) is 16.4 Å². The van der Waals surface area contributed by atoms with Crippen molar-refractivity contribution in [1.29, 1.82) is 0 Å². The third kappa shape index (κ3) is 3.58. The van der Waals surface area contributed by atoms with Crippen LogP contribution in [-0.2, 0) is 0 Å². The van der Waals surface area contributed by atoms with Crippen LogP contribution in [0.3, 0.4) is 0 Å². The maximum absolute atomic E-state index is 12.3. The fourth-order valence-corrected chi connectivity index (χ4v) is 4.14. The first-order valence-corrected chi connectivity index (χ1v) is 9.69. The fourth-order valence-electron chi connectivity index (χ4n) is 3.49. The minimum absolute atomic E-state index is 0.0681. The molecule has 1 aliphatic carbocycles. The van der Waals surface area contributed by atoms with Gasteiger partial charge in [0.2, 0.25) is 0 Å². The molecule has 0 aliphatic heterocycles. The normalized spacial score (nSPS) is 21.6. The Morgan fingerprint density at radius 2 is 2.12 bits per heavy atom. The van der Waals surface area contributed by atoms with E-state index in [-0.39, 0.29) is 17.6 Å². The summed E-state index contributed by atoms with van der Waals surface area (Å²) in [4.78, 5) is 20.6. The minimum Gasteiger partial charge on any atom is -0.305 e. The van der Waals surface area contributed by atoms with Crippen molar-refractivity contribution in [2.45, 2.75) is 50.7 Å². The number of hydrogen-bond acceptors (Lipinski definition) is 7. The van der Waals surface area contributed by atoms with Crippen LogP contribution in [0.5, 0.6) is 0 Å². The maximum atomic E-state index is 12.3. The van der Waals surface area contributed by atoms with Crippen molar-refractivity contribution >= 4 is 11.3 Å².